The van der Waals surface area contributed by atoms with Gasteiger partial charge in [0.2, 0.25) is 0 Å². The van der Waals surface area contributed by atoms with Crippen LogP contribution in [0.4, 0.5) is 17.6 Å². The number of hydrogen-bond acceptors (Lipinski definition) is 3. The third-order valence-corrected chi connectivity index (χ3v) is 5.74. The minimum atomic E-state index is -4.68. The molecular formula is C25H17F4N3O2. The van der Waals surface area contributed by atoms with Crippen LogP contribution < -0.4 is 10.3 Å². The van der Waals surface area contributed by atoms with Crippen molar-refractivity contribution < 1.29 is 22.3 Å². The quantitative estimate of drug-likeness (QED) is 0.326. The van der Waals surface area contributed by atoms with Crippen LogP contribution in [0.3, 0.4) is 0 Å². The maximum absolute atomic E-state index is 14.2. The number of methoxy groups -OCH3 is 1. The Morgan fingerprint density at radius 1 is 1.00 bits per heavy atom. The predicted octanol–water partition coefficient (Wildman–Crippen LogP) is 5.56. The first-order valence-corrected chi connectivity index (χ1v) is 10.3. The van der Waals surface area contributed by atoms with E-state index in [0.717, 1.165) is 28.6 Å². The number of benzene rings is 2. The molecule has 0 radical (unpaired) electrons. The lowest BCUT2D eigenvalue weighted by Gasteiger charge is -2.14. The first-order chi connectivity index (χ1) is 16.3. The van der Waals surface area contributed by atoms with E-state index in [1.165, 1.54) is 18.3 Å². The smallest absolute Gasteiger partial charge is 0.418 e. The molecule has 3 aromatic heterocycles. The average molecular weight is 467 g/mol. The minimum Gasteiger partial charge on any atom is -0.497 e. The highest BCUT2D eigenvalue weighted by molar-refractivity contribution is 6.07. The number of alkyl halides is 3. The summed E-state index contributed by atoms with van der Waals surface area (Å²) < 4.78 is 62.8. The second-order valence-corrected chi connectivity index (χ2v) is 7.74. The van der Waals surface area contributed by atoms with Gasteiger partial charge in [-0.1, -0.05) is 12.1 Å². The number of hydrogen-bond donors (Lipinski definition) is 0. The summed E-state index contributed by atoms with van der Waals surface area (Å²) in [4.78, 5) is 17.3. The van der Waals surface area contributed by atoms with Crippen molar-refractivity contribution in [3.63, 3.8) is 0 Å². The van der Waals surface area contributed by atoms with Crippen LogP contribution in [0.5, 0.6) is 5.75 Å². The lowest BCUT2D eigenvalue weighted by atomic mass is 10.1. The van der Waals surface area contributed by atoms with Gasteiger partial charge >= 0.3 is 6.18 Å². The zero-order valence-corrected chi connectivity index (χ0v) is 17.8. The molecule has 0 saturated heterocycles. The summed E-state index contributed by atoms with van der Waals surface area (Å²) in [6.07, 6.45) is -1.38. The molecule has 0 aliphatic carbocycles. The van der Waals surface area contributed by atoms with E-state index in [-0.39, 0.29) is 5.39 Å². The van der Waals surface area contributed by atoms with Crippen molar-refractivity contribution in [2.24, 2.45) is 0 Å². The van der Waals surface area contributed by atoms with Crippen LogP contribution in [0.1, 0.15) is 11.1 Å². The Kier molecular flexibility index (Phi) is 5.11. The molecule has 0 saturated carbocycles. The normalized spacial score (nSPS) is 11.9. The van der Waals surface area contributed by atoms with Gasteiger partial charge in [-0.3, -0.25) is 14.3 Å². The van der Waals surface area contributed by atoms with Gasteiger partial charge in [0.1, 0.15) is 11.6 Å². The van der Waals surface area contributed by atoms with Gasteiger partial charge in [-0.15, -0.1) is 0 Å². The Morgan fingerprint density at radius 3 is 2.47 bits per heavy atom. The first kappa shape index (κ1) is 21.7. The Balaban J connectivity index is 1.77. The van der Waals surface area contributed by atoms with Crippen LogP contribution in [-0.2, 0) is 12.7 Å². The molecule has 3 heterocycles. The minimum absolute atomic E-state index is 0.127. The van der Waals surface area contributed by atoms with Crippen LogP contribution in [-0.4, -0.2) is 21.2 Å². The van der Waals surface area contributed by atoms with E-state index in [1.807, 2.05) is 16.7 Å². The van der Waals surface area contributed by atoms with E-state index in [2.05, 4.69) is 4.98 Å². The Bertz CT molecular complexity index is 1580. The van der Waals surface area contributed by atoms with E-state index in [9.17, 15) is 22.4 Å². The molecule has 0 aliphatic rings. The van der Waals surface area contributed by atoms with Gasteiger partial charge in [-0.25, -0.2) is 4.39 Å². The fourth-order valence-electron chi connectivity index (χ4n) is 4.17. The number of nitrogens with zero attached hydrogens (tertiary/aromatic N) is 3. The molecule has 0 N–H and O–H groups in total. The Labute approximate surface area is 190 Å². The molecule has 0 amide bonds. The molecule has 9 heteroatoms. The lowest BCUT2D eigenvalue weighted by molar-refractivity contribution is -0.137. The fraction of sp³-hybridized carbons (Fsp3) is 0.120. The van der Waals surface area contributed by atoms with E-state index in [1.54, 1.807) is 31.4 Å². The van der Waals surface area contributed by atoms with Gasteiger partial charge in [-0.05, 0) is 48.0 Å². The molecule has 0 bridgehead atoms. The number of pyridine rings is 2. The molecule has 5 nitrogen and oxygen atoms in total. The monoisotopic (exact) mass is 467 g/mol. The van der Waals surface area contributed by atoms with Crippen molar-refractivity contribution in [3.8, 4) is 11.4 Å². The highest BCUT2D eigenvalue weighted by Gasteiger charge is 2.34. The first-order valence-electron chi connectivity index (χ1n) is 10.3. The van der Waals surface area contributed by atoms with Crippen LogP contribution in [0.25, 0.3) is 27.5 Å². The lowest BCUT2D eigenvalue weighted by Crippen LogP contribution is -2.21. The van der Waals surface area contributed by atoms with Gasteiger partial charge in [0.25, 0.3) is 5.56 Å². The SMILES string of the molecule is COc1ccc(Cn2c3ccc(F)cc3c3c(=O)n(-c4cnccc4C(F)(F)F)ccc32)cc1. The zero-order chi connectivity index (χ0) is 24.0. The highest BCUT2D eigenvalue weighted by Crippen LogP contribution is 2.34. The van der Waals surface area contributed by atoms with Crippen molar-refractivity contribution in [2.75, 3.05) is 7.11 Å². The Morgan fingerprint density at radius 2 is 1.76 bits per heavy atom. The molecule has 0 atom stereocenters. The number of fused-ring (bicyclic) bond motifs is 3. The van der Waals surface area contributed by atoms with Crippen molar-refractivity contribution in [3.05, 3.63) is 100 Å². The largest absolute Gasteiger partial charge is 0.497 e. The number of aromatic nitrogens is 3. The second-order valence-electron chi connectivity index (χ2n) is 7.74. The molecule has 34 heavy (non-hydrogen) atoms. The standard InChI is InChI=1S/C25H17F4N3O2/c1-34-17-5-2-15(3-6-17)14-32-20-7-4-16(26)12-18(20)23-21(32)9-11-31(24(23)33)22-13-30-10-8-19(22)25(27,28)29/h2-13H,14H2,1H3. The van der Waals surface area contributed by atoms with Crippen molar-refractivity contribution >= 4 is 21.8 Å². The summed E-state index contributed by atoms with van der Waals surface area (Å²) in [6.45, 7) is 0.361. The maximum Gasteiger partial charge on any atom is 0.418 e. The summed E-state index contributed by atoms with van der Waals surface area (Å²) in [6, 6.07) is 13.8. The molecule has 0 unspecified atom stereocenters. The number of halogens is 4. The topological polar surface area (TPSA) is 49.0 Å². The maximum atomic E-state index is 14.2. The van der Waals surface area contributed by atoms with Crippen LogP contribution in [0.2, 0.25) is 0 Å². The van der Waals surface area contributed by atoms with Gasteiger partial charge in [0.15, 0.2) is 0 Å². The zero-order valence-electron chi connectivity index (χ0n) is 17.8. The van der Waals surface area contributed by atoms with Gasteiger partial charge in [-0.2, -0.15) is 13.2 Å². The number of ether oxygens (including phenoxy) is 1. The third-order valence-electron chi connectivity index (χ3n) is 5.74. The van der Waals surface area contributed by atoms with Gasteiger partial charge in [0, 0.05) is 29.8 Å². The molecule has 172 valence electrons. The fourth-order valence-corrected chi connectivity index (χ4v) is 4.17. The summed E-state index contributed by atoms with van der Waals surface area (Å²) in [5, 5.41) is 0.447. The summed E-state index contributed by atoms with van der Waals surface area (Å²) in [7, 11) is 1.56. The molecular weight excluding hydrogens is 450 g/mol. The highest BCUT2D eigenvalue weighted by atomic mass is 19.4. The van der Waals surface area contributed by atoms with E-state index in [0.29, 0.717) is 28.7 Å². The third kappa shape index (κ3) is 3.59. The van der Waals surface area contributed by atoms with Crippen LogP contribution in [0, 0.1) is 5.82 Å². The molecule has 0 fully saturated rings. The molecule has 2 aromatic carbocycles. The summed E-state index contributed by atoms with van der Waals surface area (Å²) >= 11 is 0. The van der Waals surface area contributed by atoms with E-state index in [4.69, 9.17) is 4.74 Å². The van der Waals surface area contributed by atoms with Crippen LogP contribution >= 0.6 is 0 Å². The van der Waals surface area contributed by atoms with Gasteiger partial charge < -0.3 is 9.30 Å². The van der Waals surface area contributed by atoms with E-state index < -0.39 is 28.8 Å². The van der Waals surface area contributed by atoms with Crippen molar-refractivity contribution in [1.29, 1.82) is 0 Å². The summed E-state index contributed by atoms with van der Waals surface area (Å²) in [5.74, 6) is 0.135. The van der Waals surface area contributed by atoms with Gasteiger partial charge in [0.05, 0.1) is 35.5 Å². The summed E-state index contributed by atoms with van der Waals surface area (Å²) in [5.41, 5.74) is -0.106. The van der Waals surface area contributed by atoms with Crippen LogP contribution in [0.15, 0.2) is 78.0 Å². The van der Waals surface area contributed by atoms with Crippen molar-refractivity contribution in [2.45, 2.75) is 12.7 Å². The molecule has 0 spiro atoms. The molecule has 5 rings (SSSR count). The predicted molar refractivity (Wildman–Crippen MR) is 120 cm³/mol. The number of rotatable bonds is 4. The Hall–Kier alpha value is -4.14. The average Bonchev–Trinajstić information content (AvgIpc) is 3.12. The molecule has 0 aliphatic heterocycles. The van der Waals surface area contributed by atoms with E-state index >= 15 is 0 Å². The molecule has 5 aromatic rings. The second kappa shape index (κ2) is 8.02. The van der Waals surface area contributed by atoms with Crippen molar-refractivity contribution in [1.82, 2.24) is 14.1 Å².